The van der Waals surface area contributed by atoms with E-state index in [4.69, 9.17) is 16.3 Å². The average Bonchev–Trinajstić information content (AvgIpc) is 2.93. The van der Waals surface area contributed by atoms with Gasteiger partial charge in [-0.25, -0.2) is 4.57 Å². The zero-order valence-electron chi connectivity index (χ0n) is 12.0. The summed E-state index contributed by atoms with van der Waals surface area (Å²) < 4.78 is 7.19. The normalized spacial score (nSPS) is 19.3. The van der Waals surface area contributed by atoms with Crippen molar-refractivity contribution in [2.45, 2.75) is 11.5 Å². The Bertz CT molecular complexity index is 965. The number of para-hydroxylation sites is 1. The Morgan fingerprint density at radius 3 is 2.35 bits per heavy atom. The van der Waals surface area contributed by atoms with E-state index in [1.165, 1.54) is 4.57 Å². The molecule has 4 nitrogen and oxygen atoms in total. The van der Waals surface area contributed by atoms with Gasteiger partial charge in [0.25, 0.3) is 5.56 Å². The van der Waals surface area contributed by atoms with Crippen LogP contribution in [0.1, 0.15) is 10.9 Å². The fourth-order valence-electron chi connectivity index (χ4n) is 3.00. The molecule has 23 heavy (non-hydrogen) atoms. The summed E-state index contributed by atoms with van der Waals surface area (Å²) in [5.74, 6) is 0.344. The van der Waals surface area contributed by atoms with Crippen LogP contribution < -0.4 is 10.3 Å². The second-order valence-corrected chi connectivity index (χ2v) is 5.83. The maximum atomic E-state index is 12.9. The number of carbonyl (C=O) groups excluding carboxylic acids is 1. The van der Waals surface area contributed by atoms with Gasteiger partial charge in [-0.15, -0.1) is 11.6 Å². The van der Waals surface area contributed by atoms with E-state index in [0.717, 1.165) is 5.39 Å². The highest BCUT2D eigenvalue weighted by atomic mass is 35.5. The topological polar surface area (TPSA) is 48.3 Å². The average molecular weight is 326 g/mol. The molecule has 0 fully saturated rings. The van der Waals surface area contributed by atoms with Crippen molar-refractivity contribution in [3.05, 3.63) is 70.5 Å². The Hall–Kier alpha value is -2.59. The van der Waals surface area contributed by atoms with E-state index in [-0.39, 0.29) is 5.56 Å². The number of halogens is 1. The number of fused-ring (bicyclic) bond motifs is 3. The molecule has 2 unspecified atom stereocenters. The lowest BCUT2D eigenvalue weighted by Crippen LogP contribution is -2.21. The van der Waals surface area contributed by atoms with Gasteiger partial charge in [0.2, 0.25) is 5.88 Å². The Kier molecular flexibility index (Phi) is 3.20. The SMILES string of the molecule is O=CC1Oc2c(c3ccccc3c(=O)n2-c2ccccc2)C1Cl. The van der Waals surface area contributed by atoms with Crippen molar-refractivity contribution in [2.24, 2.45) is 0 Å². The minimum absolute atomic E-state index is 0.194. The third-order valence-corrected chi connectivity index (χ3v) is 4.51. The standard InChI is InChI=1S/C18H12ClNO3/c19-16-14(10-21)23-18-15(16)12-8-4-5-9-13(12)17(22)20(18)11-6-2-1-3-7-11/h1-10,14,16H. The van der Waals surface area contributed by atoms with Gasteiger partial charge in [-0.1, -0.05) is 36.4 Å². The van der Waals surface area contributed by atoms with Crippen molar-refractivity contribution in [2.75, 3.05) is 0 Å². The summed E-state index contributed by atoms with van der Waals surface area (Å²) in [6, 6.07) is 16.4. The Balaban J connectivity index is 2.15. The van der Waals surface area contributed by atoms with Gasteiger partial charge in [-0.3, -0.25) is 9.59 Å². The molecule has 0 amide bonds. The van der Waals surface area contributed by atoms with E-state index in [2.05, 4.69) is 0 Å². The molecule has 0 N–H and O–H groups in total. The summed E-state index contributed by atoms with van der Waals surface area (Å²) in [6.07, 6.45) is -0.126. The van der Waals surface area contributed by atoms with Crippen molar-refractivity contribution in [1.82, 2.24) is 4.57 Å². The predicted molar refractivity (Wildman–Crippen MR) is 88.6 cm³/mol. The summed E-state index contributed by atoms with van der Waals surface area (Å²) in [6.45, 7) is 0. The van der Waals surface area contributed by atoms with Crippen molar-refractivity contribution in [3.8, 4) is 11.6 Å². The van der Waals surface area contributed by atoms with Crippen LogP contribution in [0.25, 0.3) is 16.5 Å². The lowest BCUT2D eigenvalue weighted by Gasteiger charge is -2.14. The molecule has 2 atom stereocenters. The first kappa shape index (κ1) is 14.0. The molecule has 5 heteroatoms. The van der Waals surface area contributed by atoms with Crippen LogP contribution in [0.2, 0.25) is 0 Å². The van der Waals surface area contributed by atoms with Gasteiger partial charge in [-0.2, -0.15) is 0 Å². The molecule has 0 aliphatic carbocycles. The second-order valence-electron chi connectivity index (χ2n) is 5.36. The number of benzene rings is 2. The van der Waals surface area contributed by atoms with E-state index in [9.17, 15) is 9.59 Å². The van der Waals surface area contributed by atoms with Gasteiger partial charge in [0.05, 0.1) is 5.69 Å². The molecule has 0 saturated heterocycles. The molecule has 1 aliphatic rings. The quantitative estimate of drug-likeness (QED) is 0.537. The lowest BCUT2D eigenvalue weighted by atomic mass is 10.0. The molecule has 0 saturated carbocycles. The van der Waals surface area contributed by atoms with Crippen molar-refractivity contribution >= 4 is 28.7 Å². The molecule has 1 aromatic heterocycles. The van der Waals surface area contributed by atoms with Gasteiger partial charge in [0, 0.05) is 10.9 Å². The maximum Gasteiger partial charge on any atom is 0.265 e. The fraction of sp³-hybridized carbons (Fsp3) is 0.111. The van der Waals surface area contributed by atoms with Crippen LogP contribution >= 0.6 is 11.6 Å². The number of carbonyl (C=O) groups is 1. The molecule has 0 spiro atoms. The highest BCUT2D eigenvalue weighted by Crippen LogP contribution is 2.44. The van der Waals surface area contributed by atoms with Crippen molar-refractivity contribution in [1.29, 1.82) is 0 Å². The zero-order valence-corrected chi connectivity index (χ0v) is 12.7. The minimum Gasteiger partial charge on any atom is -0.465 e. The number of rotatable bonds is 2. The molecule has 3 aromatic rings. The van der Waals surface area contributed by atoms with Gasteiger partial charge in [0.15, 0.2) is 12.4 Å². The molecule has 0 radical (unpaired) electrons. The van der Waals surface area contributed by atoms with Crippen LogP contribution in [0.5, 0.6) is 5.88 Å². The third kappa shape index (κ3) is 1.99. The predicted octanol–water partition coefficient (Wildman–Crippen LogP) is 3.23. The van der Waals surface area contributed by atoms with Crippen LogP contribution in [0.4, 0.5) is 0 Å². The van der Waals surface area contributed by atoms with Crippen molar-refractivity contribution in [3.63, 3.8) is 0 Å². The smallest absolute Gasteiger partial charge is 0.265 e. The van der Waals surface area contributed by atoms with Gasteiger partial charge in [0.1, 0.15) is 5.38 Å². The van der Waals surface area contributed by atoms with Gasteiger partial charge >= 0.3 is 0 Å². The first-order valence-electron chi connectivity index (χ1n) is 7.21. The Labute approximate surface area is 136 Å². The number of hydrogen-bond acceptors (Lipinski definition) is 3. The van der Waals surface area contributed by atoms with Gasteiger partial charge in [-0.05, 0) is 23.6 Å². The number of pyridine rings is 1. The summed E-state index contributed by atoms with van der Waals surface area (Å²) in [5.41, 5.74) is 1.17. The highest BCUT2D eigenvalue weighted by molar-refractivity contribution is 6.24. The summed E-state index contributed by atoms with van der Waals surface area (Å²) in [7, 11) is 0. The van der Waals surface area contributed by atoms with Crippen LogP contribution in [0, 0.1) is 0 Å². The number of aldehydes is 1. The Morgan fingerprint density at radius 1 is 1.00 bits per heavy atom. The van der Waals surface area contributed by atoms with E-state index >= 15 is 0 Å². The summed E-state index contributed by atoms with van der Waals surface area (Å²) in [4.78, 5) is 24.2. The zero-order chi connectivity index (χ0) is 16.0. The molecular weight excluding hydrogens is 314 g/mol. The van der Waals surface area contributed by atoms with E-state index in [1.807, 2.05) is 48.5 Å². The largest absolute Gasteiger partial charge is 0.465 e. The summed E-state index contributed by atoms with van der Waals surface area (Å²) in [5, 5.41) is 0.655. The maximum absolute atomic E-state index is 12.9. The van der Waals surface area contributed by atoms with E-state index in [0.29, 0.717) is 28.8 Å². The number of alkyl halides is 1. The third-order valence-electron chi connectivity index (χ3n) is 4.04. The number of hydrogen-bond donors (Lipinski definition) is 0. The Morgan fingerprint density at radius 2 is 1.65 bits per heavy atom. The molecule has 114 valence electrons. The first-order valence-corrected chi connectivity index (χ1v) is 7.65. The number of ether oxygens (including phenoxy) is 1. The highest BCUT2D eigenvalue weighted by Gasteiger charge is 2.37. The first-order chi connectivity index (χ1) is 11.2. The van der Waals surface area contributed by atoms with Crippen LogP contribution in [0.3, 0.4) is 0 Å². The second kappa shape index (κ2) is 5.25. The monoisotopic (exact) mass is 325 g/mol. The molecule has 1 aliphatic heterocycles. The summed E-state index contributed by atoms with van der Waals surface area (Å²) >= 11 is 6.43. The molecule has 2 aromatic carbocycles. The van der Waals surface area contributed by atoms with Crippen LogP contribution in [-0.4, -0.2) is 17.0 Å². The molecule has 0 bridgehead atoms. The number of nitrogens with zero attached hydrogens (tertiary/aromatic N) is 1. The minimum atomic E-state index is -0.799. The van der Waals surface area contributed by atoms with E-state index < -0.39 is 11.5 Å². The number of aromatic nitrogens is 1. The van der Waals surface area contributed by atoms with Crippen molar-refractivity contribution < 1.29 is 9.53 Å². The molecular formula is C18H12ClNO3. The van der Waals surface area contributed by atoms with Crippen LogP contribution in [0.15, 0.2) is 59.4 Å². The molecule has 4 rings (SSSR count). The molecule has 2 heterocycles. The van der Waals surface area contributed by atoms with E-state index in [1.54, 1.807) is 6.07 Å². The fourth-order valence-corrected chi connectivity index (χ4v) is 3.32. The van der Waals surface area contributed by atoms with Crippen LogP contribution in [-0.2, 0) is 4.79 Å². The van der Waals surface area contributed by atoms with Gasteiger partial charge < -0.3 is 4.74 Å². The lowest BCUT2D eigenvalue weighted by molar-refractivity contribution is -0.113.